The lowest BCUT2D eigenvalue weighted by atomic mass is 9.89. The molecule has 0 bridgehead atoms. The van der Waals surface area contributed by atoms with Crippen molar-refractivity contribution in [1.82, 2.24) is 14.9 Å². The van der Waals surface area contributed by atoms with Crippen LogP contribution in [0.25, 0.3) is 0 Å². The summed E-state index contributed by atoms with van der Waals surface area (Å²) in [5.74, 6) is -1.68. The highest BCUT2D eigenvalue weighted by Crippen LogP contribution is 2.43. The molecule has 50 heavy (non-hydrogen) atoms. The number of nitrogens with one attached hydrogen (secondary N) is 1. The number of carboxylic acid groups (broad SMARTS) is 1. The van der Waals surface area contributed by atoms with Gasteiger partial charge in [-0.3, -0.25) is 9.69 Å². The highest BCUT2D eigenvalue weighted by atomic mass is 19.4. The Morgan fingerprint density at radius 1 is 0.940 bits per heavy atom. The summed E-state index contributed by atoms with van der Waals surface area (Å²) < 4.78 is 128. The van der Waals surface area contributed by atoms with Crippen molar-refractivity contribution < 1.29 is 63.7 Å². The second-order valence-corrected chi connectivity index (χ2v) is 11.1. The molecule has 0 spiro atoms. The zero-order chi connectivity index (χ0) is 37.3. The summed E-state index contributed by atoms with van der Waals surface area (Å²) in [5, 5.41) is 12.1. The highest BCUT2D eigenvalue weighted by Gasteiger charge is 2.40. The van der Waals surface area contributed by atoms with Gasteiger partial charge in [-0.05, 0) is 67.3 Å². The van der Waals surface area contributed by atoms with Gasteiger partial charge in [0.15, 0.2) is 0 Å². The quantitative estimate of drug-likeness (QED) is 0.234. The van der Waals surface area contributed by atoms with Crippen LogP contribution in [0.4, 0.5) is 60.7 Å². The molecule has 19 heteroatoms. The maximum absolute atomic E-state index is 13.8. The van der Waals surface area contributed by atoms with Gasteiger partial charge in [-0.2, -0.15) is 39.5 Å². The SMILES string of the molecule is CCOC(=O)N1c2ccc(C(F)(F)F)cc2[C@@H](Nc2ncc(C(=O)N(C)C(=O)O)c(Cc3cc(C(F)(F)F)cc(C(F)(F)F)c3)n2)C[C@H]1CC. The molecule has 4 rings (SSSR count). The number of hydrogen-bond acceptors (Lipinski definition) is 7. The van der Waals surface area contributed by atoms with Gasteiger partial charge >= 0.3 is 30.7 Å². The van der Waals surface area contributed by atoms with Gasteiger partial charge in [0.05, 0.1) is 46.3 Å². The van der Waals surface area contributed by atoms with Gasteiger partial charge in [-0.15, -0.1) is 0 Å². The van der Waals surface area contributed by atoms with E-state index < -0.39 is 94.6 Å². The molecule has 1 aromatic heterocycles. The molecule has 3 amide bonds. The van der Waals surface area contributed by atoms with Gasteiger partial charge in [0.25, 0.3) is 5.91 Å². The third-order valence-electron chi connectivity index (χ3n) is 7.81. The normalized spacial score (nSPS) is 16.4. The van der Waals surface area contributed by atoms with E-state index in [2.05, 4.69) is 15.3 Å². The second-order valence-electron chi connectivity index (χ2n) is 11.1. The molecule has 2 N–H and O–H groups in total. The summed E-state index contributed by atoms with van der Waals surface area (Å²) in [7, 11) is 0.837. The number of rotatable bonds is 7. The Bertz CT molecular complexity index is 1750. The molecule has 0 radical (unpaired) electrons. The Hall–Kier alpha value is -5.10. The van der Waals surface area contributed by atoms with Crippen LogP contribution < -0.4 is 10.2 Å². The number of fused-ring (bicyclic) bond motifs is 1. The molecule has 3 aromatic rings. The van der Waals surface area contributed by atoms with Crippen molar-refractivity contribution in [3.05, 3.63) is 81.7 Å². The molecule has 2 heterocycles. The number of nitrogens with zero attached hydrogens (tertiary/aromatic N) is 4. The van der Waals surface area contributed by atoms with Crippen LogP contribution in [-0.2, 0) is 29.7 Å². The van der Waals surface area contributed by atoms with Crippen molar-refractivity contribution in [3.8, 4) is 0 Å². The summed E-state index contributed by atoms with van der Waals surface area (Å²) in [6, 6.07) is 1.70. The average Bonchev–Trinajstić information content (AvgIpc) is 3.02. The number of carbonyl (C=O) groups is 3. The first kappa shape index (κ1) is 37.7. The zero-order valence-electron chi connectivity index (χ0n) is 26.3. The number of carbonyl (C=O) groups excluding carboxylic acids is 2. The van der Waals surface area contributed by atoms with Crippen LogP contribution in [0.15, 0.2) is 42.6 Å². The Balaban J connectivity index is 1.85. The Morgan fingerprint density at radius 2 is 1.54 bits per heavy atom. The van der Waals surface area contributed by atoms with E-state index in [9.17, 15) is 59.0 Å². The molecule has 0 aliphatic carbocycles. The van der Waals surface area contributed by atoms with Crippen LogP contribution >= 0.6 is 0 Å². The minimum Gasteiger partial charge on any atom is -0.465 e. The number of amides is 3. The van der Waals surface area contributed by atoms with Crippen LogP contribution in [-0.4, -0.2) is 57.8 Å². The van der Waals surface area contributed by atoms with Crippen molar-refractivity contribution in [2.45, 2.75) is 63.7 Å². The fraction of sp³-hybridized carbons (Fsp3) is 0.387. The number of halogens is 9. The lowest BCUT2D eigenvalue weighted by Crippen LogP contribution is -2.46. The number of ether oxygens (including phenoxy) is 1. The van der Waals surface area contributed by atoms with Crippen LogP contribution in [0.1, 0.15) is 76.6 Å². The molecular weight excluding hydrogens is 693 g/mol. The summed E-state index contributed by atoms with van der Waals surface area (Å²) in [5.41, 5.74) is -6.03. The van der Waals surface area contributed by atoms with Crippen molar-refractivity contribution in [3.63, 3.8) is 0 Å². The number of hydrogen-bond donors (Lipinski definition) is 2. The summed E-state index contributed by atoms with van der Waals surface area (Å²) in [6.45, 7) is 3.22. The lowest BCUT2D eigenvalue weighted by molar-refractivity contribution is -0.143. The number of alkyl halides is 9. The van der Waals surface area contributed by atoms with E-state index in [-0.39, 0.29) is 35.2 Å². The predicted octanol–water partition coefficient (Wildman–Crippen LogP) is 8.17. The maximum atomic E-state index is 13.8. The monoisotopic (exact) mass is 721 g/mol. The van der Waals surface area contributed by atoms with E-state index in [1.165, 1.54) is 4.90 Å². The van der Waals surface area contributed by atoms with Gasteiger partial charge in [-0.25, -0.2) is 24.5 Å². The van der Waals surface area contributed by atoms with E-state index in [1.54, 1.807) is 13.8 Å². The van der Waals surface area contributed by atoms with Crippen LogP contribution in [0, 0.1) is 0 Å². The van der Waals surface area contributed by atoms with E-state index in [0.29, 0.717) is 18.6 Å². The zero-order valence-corrected chi connectivity index (χ0v) is 26.3. The molecule has 2 aromatic carbocycles. The van der Waals surface area contributed by atoms with Gasteiger partial charge in [0, 0.05) is 25.7 Å². The number of anilines is 2. The Morgan fingerprint density at radius 3 is 2.06 bits per heavy atom. The van der Waals surface area contributed by atoms with E-state index in [0.717, 1.165) is 31.4 Å². The van der Waals surface area contributed by atoms with Gasteiger partial charge in [0.2, 0.25) is 5.95 Å². The van der Waals surface area contributed by atoms with Crippen LogP contribution in [0.3, 0.4) is 0 Å². The van der Waals surface area contributed by atoms with E-state index in [1.807, 2.05) is 0 Å². The average molecular weight is 722 g/mol. The van der Waals surface area contributed by atoms with Crippen molar-refractivity contribution in [2.24, 2.45) is 0 Å². The van der Waals surface area contributed by atoms with Gasteiger partial charge < -0.3 is 15.2 Å². The first-order valence-corrected chi connectivity index (χ1v) is 14.7. The molecular formula is C31H28F9N5O5. The van der Waals surface area contributed by atoms with Crippen molar-refractivity contribution in [2.75, 3.05) is 23.9 Å². The molecule has 0 saturated carbocycles. The fourth-order valence-electron chi connectivity index (χ4n) is 5.40. The number of imide groups is 1. The standard InChI is InChI=1S/C31H28F9N5O5/c1-4-19-13-23(20-12-16(29(32,33)34)6-7-24(20)45(19)28(49)50-5-2)43-26-41-14-21(25(46)44(3)27(47)48)22(42-26)10-15-8-17(30(35,36)37)11-18(9-15)31(38,39)40/h6-9,11-12,14,19,23H,4-5,10,13H2,1-3H3,(H,47,48)(H,41,42,43)/t19-,23+/m1/s1. The van der Waals surface area contributed by atoms with Crippen LogP contribution in [0.5, 0.6) is 0 Å². The van der Waals surface area contributed by atoms with Gasteiger partial charge in [-0.1, -0.05) is 6.92 Å². The first-order valence-electron chi connectivity index (χ1n) is 14.7. The minimum absolute atomic E-state index is 0.0293. The third-order valence-corrected chi connectivity index (χ3v) is 7.81. The third kappa shape index (κ3) is 8.19. The largest absolute Gasteiger partial charge is 0.465 e. The summed E-state index contributed by atoms with van der Waals surface area (Å²) in [4.78, 5) is 46.9. The van der Waals surface area contributed by atoms with Crippen LogP contribution in [0.2, 0.25) is 0 Å². The van der Waals surface area contributed by atoms with Gasteiger partial charge in [0.1, 0.15) is 0 Å². The maximum Gasteiger partial charge on any atom is 0.416 e. The molecule has 270 valence electrons. The predicted molar refractivity (Wildman–Crippen MR) is 157 cm³/mol. The topological polar surface area (TPSA) is 125 Å². The van der Waals surface area contributed by atoms with Crippen molar-refractivity contribution >= 4 is 29.7 Å². The second kappa shape index (κ2) is 14.0. The minimum atomic E-state index is -5.20. The number of benzene rings is 2. The molecule has 2 atom stereocenters. The molecule has 10 nitrogen and oxygen atoms in total. The lowest BCUT2D eigenvalue weighted by Gasteiger charge is -2.40. The Kier molecular flexibility index (Phi) is 10.6. The molecule has 0 fully saturated rings. The van der Waals surface area contributed by atoms with E-state index >= 15 is 0 Å². The molecule has 1 aliphatic heterocycles. The highest BCUT2D eigenvalue weighted by molar-refractivity contribution is 6.02. The Labute approximate surface area is 277 Å². The smallest absolute Gasteiger partial charge is 0.416 e. The number of aromatic nitrogens is 2. The summed E-state index contributed by atoms with van der Waals surface area (Å²) >= 11 is 0. The van der Waals surface area contributed by atoms with Crippen molar-refractivity contribution in [1.29, 1.82) is 0 Å². The molecule has 0 saturated heterocycles. The molecule has 1 aliphatic rings. The summed E-state index contributed by atoms with van der Waals surface area (Å²) in [6.07, 6.45) is -17.6. The molecule has 0 unspecified atom stereocenters. The van der Waals surface area contributed by atoms with E-state index in [4.69, 9.17) is 4.74 Å². The fourth-order valence-corrected chi connectivity index (χ4v) is 5.40. The first-order chi connectivity index (χ1) is 23.1.